The van der Waals surface area contributed by atoms with Crippen LogP contribution < -0.4 is 5.32 Å². The largest absolute Gasteiger partial charge is 0.392 e. The Morgan fingerprint density at radius 1 is 1.53 bits per heavy atom. The highest BCUT2D eigenvalue weighted by Gasteiger charge is 2.26. The number of amides is 2. The second kappa shape index (κ2) is 5.79. The van der Waals surface area contributed by atoms with Crippen LogP contribution in [0.25, 0.3) is 0 Å². The van der Waals surface area contributed by atoms with Crippen molar-refractivity contribution in [1.29, 1.82) is 0 Å². The molecule has 15 heavy (non-hydrogen) atoms. The number of aliphatic hydroxyl groups excluding tert-OH is 1. The molecule has 1 unspecified atom stereocenters. The number of hydrogen-bond donors (Lipinski definition) is 2. The van der Waals surface area contributed by atoms with Gasteiger partial charge in [-0.2, -0.15) is 13.2 Å². The number of likely N-dealkylation sites (N-methyl/N-ethyl adjacent to an activating group) is 1. The van der Waals surface area contributed by atoms with Gasteiger partial charge in [0.2, 0.25) is 0 Å². The summed E-state index contributed by atoms with van der Waals surface area (Å²) in [5.74, 6) is 0. The molecule has 7 heteroatoms. The molecule has 0 spiro atoms. The number of carbonyl (C=O) groups excluding carboxylic acids is 1. The van der Waals surface area contributed by atoms with Gasteiger partial charge in [-0.25, -0.2) is 4.79 Å². The molecule has 90 valence electrons. The lowest BCUT2D eigenvalue weighted by Crippen LogP contribution is -2.41. The van der Waals surface area contributed by atoms with E-state index in [1.807, 2.05) is 0 Å². The van der Waals surface area contributed by atoms with E-state index in [2.05, 4.69) is 5.32 Å². The van der Waals surface area contributed by atoms with Crippen molar-refractivity contribution >= 4 is 6.03 Å². The number of hydrogen-bond acceptors (Lipinski definition) is 2. The number of nitrogens with zero attached hydrogens (tertiary/aromatic N) is 1. The quantitative estimate of drug-likeness (QED) is 0.753. The zero-order valence-electron chi connectivity index (χ0n) is 8.64. The van der Waals surface area contributed by atoms with Crippen molar-refractivity contribution in [2.75, 3.05) is 20.1 Å². The van der Waals surface area contributed by atoms with Gasteiger partial charge in [-0.3, -0.25) is 0 Å². The van der Waals surface area contributed by atoms with E-state index in [1.54, 1.807) is 0 Å². The summed E-state index contributed by atoms with van der Waals surface area (Å²) in [4.78, 5) is 12.2. The summed E-state index contributed by atoms with van der Waals surface area (Å²) < 4.78 is 35.1. The summed E-state index contributed by atoms with van der Waals surface area (Å²) >= 11 is 0. The minimum Gasteiger partial charge on any atom is -0.392 e. The summed E-state index contributed by atoms with van der Waals surface area (Å²) in [6.07, 6.45) is -6.03. The molecule has 1 atom stereocenters. The van der Waals surface area contributed by atoms with Gasteiger partial charge in [0.25, 0.3) is 0 Å². The number of rotatable bonds is 4. The lowest BCUT2D eigenvalue weighted by atomic mass is 10.4. The molecule has 0 saturated heterocycles. The zero-order chi connectivity index (χ0) is 12.1. The molecule has 0 aromatic rings. The molecule has 4 nitrogen and oxygen atoms in total. The van der Waals surface area contributed by atoms with Gasteiger partial charge < -0.3 is 15.3 Å². The van der Waals surface area contributed by atoms with Crippen molar-refractivity contribution in [2.24, 2.45) is 0 Å². The Kier molecular flexibility index (Phi) is 5.41. The van der Waals surface area contributed by atoms with Crippen LogP contribution in [0.15, 0.2) is 0 Å². The molecule has 0 rings (SSSR count). The van der Waals surface area contributed by atoms with Gasteiger partial charge in [-0.1, -0.05) is 0 Å². The summed E-state index contributed by atoms with van der Waals surface area (Å²) in [7, 11) is 1.40. The van der Waals surface area contributed by atoms with Crippen molar-refractivity contribution in [1.82, 2.24) is 10.2 Å². The second-order valence-corrected chi connectivity index (χ2v) is 3.33. The van der Waals surface area contributed by atoms with E-state index in [-0.39, 0.29) is 6.54 Å². The van der Waals surface area contributed by atoms with Crippen LogP contribution in [0.2, 0.25) is 0 Å². The number of urea groups is 1. The molecular formula is C8H15F3N2O2. The Bertz CT molecular complexity index is 207. The number of halogens is 3. The van der Waals surface area contributed by atoms with Crippen molar-refractivity contribution in [2.45, 2.75) is 25.6 Å². The van der Waals surface area contributed by atoms with Gasteiger partial charge in [0, 0.05) is 20.1 Å². The van der Waals surface area contributed by atoms with Gasteiger partial charge in [0.05, 0.1) is 12.5 Å². The highest BCUT2D eigenvalue weighted by atomic mass is 19.4. The van der Waals surface area contributed by atoms with Crippen LogP contribution in [0.4, 0.5) is 18.0 Å². The molecule has 0 aliphatic heterocycles. The van der Waals surface area contributed by atoms with Crippen LogP contribution in [-0.2, 0) is 0 Å². The van der Waals surface area contributed by atoms with Crippen LogP contribution in [0, 0.1) is 0 Å². The molecule has 0 saturated carbocycles. The maximum Gasteiger partial charge on any atom is 0.390 e. The number of alkyl halides is 3. The van der Waals surface area contributed by atoms with E-state index < -0.39 is 31.3 Å². The standard InChI is InChI=1S/C8H15F3N2O2/c1-6(14)5-13(2)7(15)12-4-3-8(9,10)11/h6,14H,3-5H2,1-2H3,(H,12,15). The molecule has 2 amide bonds. The van der Waals surface area contributed by atoms with Gasteiger partial charge in [-0.05, 0) is 6.92 Å². The molecule has 2 N–H and O–H groups in total. The lowest BCUT2D eigenvalue weighted by Gasteiger charge is -2.19. The number of aliphatic hydroxyl groups is 1. The van der Waals surface area contributed by atoms with Crippen LogP contribution in [-0.4, -0.2) is 48.5 Å². The fourth-order valence-corrected chi connectivity index (χ4v) is 0.925. The summed E-state index contributed by atoms with van der Waals surface area (Å²) in [5, 5.41) is 11.0. The Morgan fingerprint density at radius 2 is 2.07 bits per heavy atom. The molecule has 0 bridgehead atoms. The van der Waals surface area contributed by atoms with Crippen LogP contribution in [0.5, 0.6) is 0 Å². The van der Waals surface area contributed by atoms with Crippen LogP contribution in [0.3, 0.4) is 0 Å². The third-order valence-corrected chi connectivity index (χ3v) is 1.57. The average Bonchev–Trinajstić information content (AvgIpc) is 2.00. The Balaban J connectivity index is 3.74. The van der Waals surface area contributed by atoms with Gasteiger partial charge in [0.15, 0.2) is 0 Å². The third-order valence-electron chi connectivity index (χ3n) is 1.57. The van der Waals surface area contributed by atoms with Crippen molar-refractivity contribution in [3.63, 3.8) is 0 Å². The first-order valence-electron chi connectivity index (χ1n) is 4.46. The average molecular weight is 228 g/mol. The molecule has 0 heterocycles. The van der Waals surface area contributed by atoms with E-state index in [0.717, 1.165) is 4.90 Å². The first-order valence-corrected chi connectivity index (χ1v) is 4.46. The maximum absolute atomic E-state index is 11.7. The van der Waals surface area contributed by atoms with Gasteiger partial charge in [0.1, 0.15) is 0 Å². The minimum absolute atomic E-state index is 0.0812. The van der Waals surface area contributed by atoms with E-state index in [4.69, 9.17) is 5.11 Å². The Labute approximate surface area is 86.1 Å². The third kappa shape index (κ3) is 8.04. The first-order chi connectivity index (χ1) is 6.72. The van der Waals surface area contributed by atoms with Crippen molar-refractivity contribution in [3.05, 3.63) is 0 Å². The van der Waals surface area contributed by atoms with Crippen molar-refractivity contribution < 1.29 is 23.1 Å². The lowest BCUT2D eigenvalue weighted by molar-refractivity contribution is -0.133. The monoisotopic (exact) mass is 228 g/mol. The van der Waals surface area contributed by atoms with E-state index in [9.17, 15) is 18.0 Å². The van der Waals surface area contributed by atoms with Gasteiger partial charge in [-0.15, -0.1) is 0 Å². The van der Waals surface area contributed by atoms with E-state index >= 15 is 0 Å². The first kappa shape index (κ1) is 14.0. The highest BCUT2D eigenvalue weighted by Crippen LogP contribution is 2.18. The molecule has 0 radical (unpaired) electrons. The molecule has 0 aliphatic carbocycles. The second-order valence-electron chi connectivity index (χ2n) is 3.33. The molecule has 0 aromatic heterocycles. The number of nitrogens with one attached hydrogen (secondary N) is 1. The minimum atomic E-state index is -4.27. The zero-order valence-corrected chi connectivity index (χ0v) is 8.64. The maximum atomic E-state index is 11.7. The van der Waals surface area contributed by atoms with E-state index in [0.29, 0.717) is 0 Å². The number of carbonyl (C=O) groups is 1. The molecule has 0 aromatic carbocycles. The van der Waals surface area contributed by atoms with Crippen LogP contribution in [0.1, 0.15) is 13.3 Å². The fraction of sp³-hybridized carbons (Fsp3) is 0.875. The Morgan fingerprint density at radius 3 is 2.47 bits per heavy atom. The summed E-state index contributed by atoms with van der Waals surface area (Å²) in [6, 6.07) is -0.625. The fourth-order valence-electron chi connectivity index (χ4n) is 0.925. The summed E-state index contributed by atoms with van der Waals surface area (Å²) in [6.45, 7) is 1.11. The Hall–Kier alpha value is -0.980. The summed E-state index contributed by atoms with van der Waals surface area (Å²) in [5.41, 5.74) is 0. The molecular weight excluding hydrogens is 213 g/mol. The normalized spacial score (nSPS) is 13.5. The van der Waals surface area contributed by atoms with Crippen LogP contribution >= 0.6 is 0 Å². The smallest absolute Gasteiger partial charge is 0.390 e. The van der Waals surface area contributed by atoms with Gasteiger partial charge >= 0.3 is 12.2 Å². The predicted molar refractivity (Wildman–Crippen MR) is 48.4 cm³/mol. The topological polar surface area (TPSA) is 52.6 Å². The molecule has 0 aliphatic rings. The predicted octanol–water partition coefficient (Wildman–Crippen LogP) is 0.961. The SMILES string of the molecule is CC(O)CN(C)C(=O)NCCC(F)(F)F. The highest BCUT2D eigenvalue weighted by molar-refractivity contribution is 5.73. The van der Waals surface area contributed by atoms with E-state index in [1.165, 1.54) is 14.0 Å². The van der Waals surface area contributed by atoms with Crippen molar-refractivity contribution in [3.8, 4) is 0 Å². The molecule has 0 fully saturated rings.